The van der Waals surface area contributed by atoms with Crippen molar-refractivity contribution in [3.8, 4) is 11.5 Å². The number of halogens is 1. The van der Waals surface area contributed by atoms with Crippen LogP contribution in [-0.4, -0.2) is 39.6 Å². The first-order chi connectivity index (χ1) is 12.1. The van der Waals surface area contributed by atoms with Gasteiger partial charge in [0.15, 0.2) is 17.1 Å². The van der Waals surface area contributed by atoms with Crippen molar-refractivity contribution in [1.82, 2.24) is 14.8 Å². The van der Waals surface area contributed by atoms with Gasteiger partial charge in [-0.3, -0.25) is 4.68 Å². The molecule has 4 rings (SSSR count). The molecule has 1 unspecified atom stereocenters. The fourth-order valence-corrected chi connectivity index (χ4v) is 3.12. The van der Waals surface area contributed by atoms with Gasteiger partial charge in [0, 0.05) is 25.5 Å². The summed E-state index contributed by atoms with van der Waals surface area (Å²) >= 11 is 6.23. The second kappa shape index (κ2) is 6.42. The summed E-state index contributed by atoms with van der Waals surface area (Å²) in [6, 6.07) is 5.32. The molecule has 7 nitrogen and oxygen atoms in total. The maximum atomic E-state index is 10.5. The summed E-state index contributed by atoms with van der Waals surface area (Å²) in [6.07, 6.45) is 2.70. The lowest BCUT2D eigenvalue weighted by Crippen LogP contribution is -2.17. The van der Waals surface area contributed by atoms with Crippen LogP contribution in [0.25, 0.3) is 11.0 Å². The van der Waals surface area contributed by atoms with Crippen LogP contribution in [0.2, 0.25) is 5.02 Å². The summed E-state index contributed by atoms with van der Waals surface area (Å²) in [4.78, 5) is 4.30. The molecule has 0 fully saturated rings. The van der Waals surface area contributed by atoms with E-state index in [-0.39, 0.29) is 0 Å². The van der Waals surface area contributed by atoms with E-state index in [2.05, 4.69) is 15.4 Å². The van der Waals surface area contributed by atoms with Crippen molar-refractivity contribution < 1.29 is 14.6 Å². The van der Waals surface area contributed by atoms with Crippen LogP contribution in [0.4, 0.5) is 5.69 Å². The number of hydrogen-bond acceptors (Lipinski definition) is 6. The summed E-state index contributed by atoms with van der Waals surface area (Å²) in [5.74, 6) is 1.09. The molecule has 0 saturated carbocycles. The molecule has 25 heavy (non-hydrogen) atoms. The first-order valence-corrected chi connectivity index (χ1v) is 8.29. The van der Waals surface area contributed by atoms with E-state index in [1.54, 1.807) is 29.2 Å². The molecule has 2 N–H and O–H groups in total. The standard InChI is InChI=1S/C17H17ClN4O3/c1-22-17-11(8-21-22)13(2-3-19-17)20-9-14(23)10-6-12(18)16-15(7-10)24-4-5-25-16/h2-3,6-8,14,23H,4-5,9H2,1H3,(H,19,20). The predicted octanol–water partition coefficient (Wildman–Crippen LogP) is 2.54. The van der Waals surface area contributed by atoms with E-state index < -0.39 is 6.10 Å². The highest BCUT2D eigenvalue weighted by atomic mass is 35.5. The maximum Gasteiger partial charge on any atom is 0.179 e. The summed E-state index contributed by atoms with van der Waals surface area (Å²) in [7, 11) is 1.84. The van der Waals surface area contributed by atoms with E-state index in [1.165, 1.54) is 0 Å². The zero-order valence-electron chi connectivity index (χ0n) is 13.6. The molecule has 1 aliphatic rings. The molecule has 1 aliphatic heterocycles. The fraction of sp³-hybridized carbons (Fsp3) is 0.294. The van der Waals surface area contributed by atoms with Crippen LogP contribution >= 0.6 is 11.6 Å². The molecular formula is C17H17ClN4O3. The molecule has 3 aromatic rings. The molecule has 0 radical (unpaired) electrons. The normalized spacial score (nSPS) is 14.5. The van der Waals surface area contributed by atoms with Crippen LogP contribution in [0.5, 0.6) is 11.5 Å². The lowest BCUT2D eigenvalue weighted by Gasteiger charge is -2.22. The Kier molecular flexibility index (Phi) is 4.10. The Morgan fingerprint density at radius 2 is 2.20 bits per heavy atom. The van der Waals surface area contributed by atoms with Crippen LogP contribution < -0.4 is 14.8 Å². The molecule has 0 bridgehead atoms. The molecule has 3 heterocycles. The van der Waals surface area contributed by atoms with Gasteiger partial charge in [0.05, 0.1) is 22.7 Å². The second-order valence-corrected chi connectivity index (χ2v) is 6.19. The van der Waals surface area contributed by atoms with Crippen LogP contribution in [-0.2, 0) is 7.05 Å². The lowest BCUT2D eigenvalue weighted by atomic mass is 10.1. The third kappa shape index (κ3) is 2.96. The first kappa shape index (κ1) is 16.0. The van der Waals surface area contributed by atoms with E-state index in [9.17, 15) is 5.11 Å². The topological polar surface area (TPSA) is 81.4 Å². The molecule has 0 aliphatic carbocycles. The Bertz CT molecular complexity index is 928. The number of nitrogens with zero attached hydrogens (tertiary/aromatic N) is 3. The highest BCUT2D eigenvalue weighted by Crippen LogP contribution is 2.39. The SMILES string of the molecule is Cn1ncc2c(NCC(O)c3cc(Cl)c4c(c3)OCCO4)ccnc21. The van der Waals surface area contributed by atoms with Crippen molar-refractivity contribution in [3.05, 3.63) is 41.2 Å². The number of hydrogen-bond donors (Lipinski definition) is 2. The van der Waals surface area contributed by atoms with Crippen molar-refractivity contribution >= 4 is 28.3 Å². The minimum absolute atomic E-state index is 0.310. The molecular weight excluding hydrogens is 344 g/mol. The summed E-state index contributed by atoms with van der Waals surface area (Å²) in [6.45, 7) is 1.25. The van der Waals surface area contributed by atoms with E-state index in [0.717, 1.165) is 16.7 Å². The average molecular weight is 361 g/mol. The minimum atomic E-state index is -0.756. The number of ether oxygens (including phenoxy) is 2. The molecule has 1 atom stereocenters. The van der Waals surface area contributed by atoms with E-state index >= 15 is 0 Å². The Morgan fingerprint density at radius 3 is 3.08 bits per heavy atom. The minimum Gasteiger partial charge on any atom is -0.486 e. The second-order valence-electron chi connectivity index (χ2n) is 5.79. The highest BCUT2D eigenvalue weighted by molar-refractivity contribution is 6.32. The van der Waals surface area contributed by atoms with Crippen LogP contribution in [0, 0.1) is 0 Å². The van der Waals surface area contributed by atoms with Gasteiger partial charge < -0.3 is 19.9 Å². The molecule has 0 saturated heterocycles. The molecule has 1 aromatic carbocycles. The summed E-state index contributed by atoms with van der Waals surface area (Å²) in [5.41, 5.74) is 2.31. The number of aliphatic hydroxyl groups excluding tert-OH is 1. The van der Waals surface area contributed by atoms with Gasteiger partial charge in [-0.15, -0.1) is 0 Å². The van der Waals surface area contributed by atoms with Crippen molar-refractivity contribution in [1.29, 1.82) is 0 Å². The van der Waals surface area contributed by atoms with Gasteiger partial charge in [-0.05, 0) is 23.8 Å². The Morgan fingerprint density at radius 1 is 1.36 bits per heavy atom. The molecule has 0 spiro atoms. The number of fused-ring (bicyclic) bond motifs is 2. The van der Waals surface area contributed by atoms with Crippen molar-refractivity contribution in [3.63, 3.8) is 0 Å². The fourth-order valence-electron chi connectivity index (χ4n) is 2.85. The summed E-state index contributed by atoms with van der Waals surface area (Å²) in [5, 5.41) is 19.3. The van der Waals surface area contributed by atoms with Crippen LogP contribution in [0.3, 0.4) is 0 Å². The van der Waals surface area contributed by atoms with Crippen molar-refractivity contribution in [2.45, 2.75) is 6.10 Å². The van der Waals surface area contributed by atoms with Gasteiger partial charge in [0.1, 0.15) is 13.2 Å². The highest BCUT2D eigenvalue weighted by Gasteiger charge is 2.19. The largest absolute Gasteiger partial charge is 0.486 e. The van der Waals surface area contributed by atoms with E-state index in [0.29, 0.717) is 41.8 Å². The molecule has 0 amide bonds. The smallest absolute Gasteiger partial charge is 0.179 e. The van der Waals surface area contributed by atoms with E-state index in [1.807, 2.05) is 13.1 Å². The number of aryl methyl sites for hydroxylation is 1. The van der Waals surface area contributed by atoms with Crippen LogP contribution in [0.15, 0.2) is 30.6 Å². The molecule has 2 aromatic heterocycles. The maximum absolute atomic E-state index is 10.5. The third-order valence-corrected chi connectivity index (χ3v) is 4.41. The number of benzene rings is 1. The molecule has 130 valence electrons. The van der Waals surface area contributed by atoms with Gasteiger partial charge in [-0.1, -0.05) is 11.6 Å². The Hall–Kier alpha value is -2.51. The number of nitrogens with one attached hydrogen (secondary N) is 1. The van der Waals surface area contributed by atoms with Gasteiger partial charge in [-0.2, -0.15) is 5.10 Å². The number of aromatic nitrogens is 3. The van der Waals surface area contributed by atoms with Crippen molar-refractivity contribution in [2.24, 2.45) is 7.05 Å². The van der Waals surface area contributed by atoms with Gasteiger partial charge in [-0.25, -0.2) is 4.98 Å². The zero-order chi connectivity index (χ0) is 17.4. The number of rotatable bonds is 4. The van der Waals surface area contributed by atoms with Crippen LogP contribution in [0.1, 0.15) is 11.7 Å². The monoisotopic (exact) mass is 360 g/mol. The molecule has 8 heteroatoms. The number of anilines is 1. The number of aliphatic hydroxyl groups is 1. The first-order valence-electron chi connectivity index (χ1n) is 7.91. The Balaban J connectivity index is 1.54. The van der Waals surface area contributed by atoms with E-state index in [4.69, 9.17) is 21.1 Å². The Labute approximate surface area is 149 Å². The zero-order valence-corrected chi connectivity index (χ0v) is 14.3. The quantitative estimate of drug-likeness (QED) is 0.744. The van der Waals surface area contributed by atoms with Crippen molar-refractivity contribution in [2.75, 3.05) is 25.1 Å². The van der Waals surface area contributed by atoms with Gasteiger partial charge in [0.2, 0.25) is 0 Å². The third-order valence-electron chi connectivity index (χ3n) is 4.13. The lowest BCUT2D eigenvalue weighted by molar-refractivity contribution is 0.167. The van der Waals surface area contributed by atoms with Gasteiger partial charge >= 0.3 is 0 Å². The van der Waals surface area contributed by atoms with Gasteiger partial charge in [0.25, 0.3) is 0 Å². The number of pyridine rings is 1. The predicted molar refractivity (Wildman–Crippen MR) is 94.4 cm³/mol. The summed E-state index contributed by atoms with van der Waals surface area (Å²) < 4.78 is 12.8. The average Bonchev–Trinajstić information content (AvgIpc) is 3.01.